The zero-order valence-corrected chi connectivity index (χ0v) is 17.3. The molecule has 0 aliphatic rings. The number of tetrazole rings is 1. The van der Waals surface area contributed by atoms with E-state index in [1.807, 2.05) is 0 Å². The minimum absolute atomic E-state index is 0.102. The van der Waals surface area contributed by atoms with Crippen LogP contribution < -0.4 is 10.3 Å². The van der Waals surface area contributed by atoms with Crippen molar-refractivity contribution in [1.29, 1.82) is 0 Å². The predicted molar refractivity (Wildman–Crippen MR) is 115 cm³/mol. The van der Waals surface area contributed by atoms with Crippen molar-refractivity contribution in [1.82, 2.24) is 30.0 Å². The highest BCUT2D eigenvalue weighted by atomic mass is 16.5. The molecule has 4 rings (SSSR count). The lowest BCUT2D eigenvalue weighted by Gasteiger charge is -2.15. The van der Waals surface area contributed by atoms with Crippen molar-refractivity contribution in [3.05, 3.63) is 87.7 Å². The highest BCUT2D eigenvalue weighted by Gasteiger charge is 2.16. The summed E-state index contributed by atoms with van der Waals surface area (Å²) in [6.07, 6.45) is 5.31. The first-order valence-corrected chi connectivity index (χ1v) is 9.79. The monoisotopic (exact) mass is 432 g/mol. The zero-order chi connectivity index (χ0) is 22.7. The van der Waals surface area contributed by atoms with Crippen LogP contribution in [0.3, 0.4) is 0 Å². The number of ketones is 1. The Morgan fingerprint density at radius 1 is 1.31 bits per heavy atom. The Balaban J connectivity index is 1.65. The van der Waals surface area contributed by atoms with Gasteiger partial charge in [-0.15, -0.1) is 11.7 Å². The molecule has 10 heteroatoms. The Morgan fingerprint density at radius 3 is 2.88 bits per heavy atom. The van der Waals surface area contributed by atoms with Gasteiger partial charge in [-0.3, -0.25) is 14.0 Å². The highest BCUT2D eigenvalue weighted by Crippen LogP contribution is 2.33. The Kier molecular flexibility index (Phi) is 5.75. The van der Waals surface area contributed by atoms with Gasteiger partial charge in [-0.05, 0) is 42.0 Å². The van der Waals surface area contributed by atoms with Crippen LogP contribution in [0, 0.1) is 0 Å². The average molecular weight is 432 g/mol. The Bertz CT molecular complexity index is 1360. The quantitative estimate of drug-likeness (QED) is 0.319. The van der Waals surface area contributed by atoms with Crippen LogP contribution in [0.4, 0.5) is 0 Å². The molecule has 162 valence electrons. The number of hydrogen-bond acceptors (Lipinski definition) is 8. The third kappa shape index (κ3) is 3.97. The van der Waals surface area contributed by atoms with Crippen LogP contribution >= 0.6 is 0 Å². The third-order valence-corrected chi connectivity index (χ3v) is 4.98. The molecular weight excluding hydrogens is 412 g/mol. The maximum Gasteiger partial charge on any atom is 0.261 e. The van der Waals surface area contributed by atoms with Crippen LogP contribution in [0.5, 0.6) is 11.5 Å². The summed E-state index contributed by atoms with van der Waals surface area (Å²) in [7, 11) is 0. The lowest BCUT2D eigenvalue weighted by atomic mass is 10.0. The summed E-state index contributed by atoms with van der Waals surface area (Å²) < 4.78 is 7.39. The van der Waals surface area contributed by atoms with E-state index in [0.717, 1.165) is 0 Å². The molecule has 0 amide bonds. The van der Waals surface area contributed by atoms with E-state index >= 15 is 0 Å². The number of H-pyrrole nitrogens is 1. The lowest BCUT2D eigenvalue weighted by molar-refractivity contribution is 0.101. The van der Waals surface area contributed by atoms with Crippen molar-refractivity contribution < 1.29 is 14.6 Å². The zero-order valence-electron chi connectivity index (χ0n) is 17.3. The third-order valence-electron chi connectivity index (χ3n) is 4.98. The number of nitrogens with zero attached hydrogens (tertiary/aromatic N) is 5. The number of benzene rings is 1. The van der Waals surface area contributed by atoms with Gasteiger partial charge in [0, 0.05) is 35.5 Å². The van der Waals surface area contributed by atoms with Gasteiger partial charge < -0.3 is 9.84 Å². The number of aromatic nitrogens is 6. The van der Waals surface area contributed by atoms with E-state index in [9.17, 15) is 14.7 Å². The molecular formula is C22H20N6O4. The van der Waals surface area contributed by atoms with E-state index in [1.165, 1.54) is 23.6 Å². The normalized spacial score (nSPS) is 10.9. The smallest absolute Gasteiger partial charge is 0.261 e. The molecule has 4 aromatic rings. The number of allylic oxidation sites excluding steroid dienone is 1. The van der Waals surface area contributed by atoms with Gasteiger partial charge in [-0.1, -0.05) is 12.1 Å². The van der Waals surface area contributed by atoms with Gasteiger partial charge in [0.15, 0.2) is 11.6 Å². The fourth-order valence-electron chi connectivity index (χ4n) is 3.41. The molecule has 2 N–H and O–H groups in total. The second-order valence-corrected chi connectivity index (χ2v) is 7.12. The van der Waals surface area contributed by atoms with E-state index in [-0.39, 0.29) is 35.7 Å². The second kappa shape index (κ2) is 8.80. The lowest BCUT2D eigenvalue weighted by Crippen LogP contribution is -2.21. The molecule has 3 aromatic heterocycles. The number of rotatable bonds is 8. The van der Waals surface area contributed by atoms with Crippen molar-refractivity contribution in [2.45, 2.75) is 26.4 Å². The maximum atomic E-state index is 12.9. The highest BCUT2D eigenvalue weighted by molar-refractivity contribution is 5.97. The Hall–Kier alpha value is -4.34. The maximum absolute atomic E-state index is 12.9. The van der Waals surface area contributed by atoms with Gasteiger partial charge in [0.05, 0.1) is 5.56 Å². The summed E-state index contributed by atoms with van der Waals surface area (Å²) in [6, 6.07) is 6.70. The van der Waals surface area contributed by atoms with Crippen molar-refractivity contribution in [2.75, 3.05) is 0 Å². The number of aromatic hydroxyl groups is 1. The standard InChI is InChI=1S/C22H20N6O4/c1-3-5-17-18(8-7-16(13(2)29)20(17)30)32-12-14-6-4-9-28-21(14)23-11-15(22(28)31)10-19-24-26-27-25-19/h3-4,6-9,11,30H,1,5,10,12H2,2H3,(H,24,25,26,27). The van der Waals surface area contributed by atoms with Gasteiger partial charge in [-0.25, -0.2) is 10.1 Å². The van der Waals surface area contributed by atoms with Gasteiger partial charge in [-0.2, -0.15) is 0 Å². The first kappa shape index (κ1) is 20.9. The number of phenolic OH excluding ortho intramolecular Hbond substituents is 1. The van der Waals surface area contributed by atoms with Crippen LogP contribution in [-0.4, -0.2) is 40.9 Å². The molecule has 0 radical (unpaired) electrons. The number of carbonyl (C=O) groups excluding carboxylic acids is 1. The van der Waals surface area contributed by atoms with Gasteiger partial charge in [0.2, 0.25) is 0 Å². The van der Waals surface area contributed by atoms with Crippen LogP contribution in [0.2, 0.25) is 0 Å². The molecule has 10 nitrogen and oxygen atoms in total. The summed E-state index contributed by atoms with van der Waals surface area (Å²) in [4.78, 5) is 29.1. The number of nitrogens with one attached hydrogen (secondary N) is 1. The van der Waals surface area contributed by atoms with Gasteiger partial charge >= 0.3 is 0 Å². The molecule has 0 bridgehead atoms. The fraction of sp³-hybridized carbons (Fsp3) is 0.182. The first-order chi connectivity index (χ1) is 15.5. The molecule has 0 unspecified atom stereocenters. The Labute approximate surface area is 182 Å². The molecule has 0 spiro atoms. The molecule has 0 atom stereocenters. The van der Waals surface area contributed by atoms with Crippen molar-refractivity contribution in [3.63, 3.8) is 0 Å². The molecule has 0 aliphatic carbocycles. The second-order valence-electron chi connectivity index (χ2n) is 7.12. The van der Waals surface area contributed by atoms with E-state index in [2.05, 4.69) is 32.2 Å². The number of fused-ring (bicyclic) bond motifs is 1. The van der Waals surface area contributed by atoms with Gasteiger partial charge in [0.1, 0.15) is 23.8 Å². The van der Waals surface area contributed by atoms with E-state index in [0.29, 0.717) is 40.3 Å². The molecule has 0 saturated heterocycles. The van der Waals surface area contributed by atoms with Crippen molar-refractivity contribution in [3.8, 4) is 11.5 Å². The SMILES string of the molecule is C=CCc1c(OCc2cccn3c(=O)c(Cc4nnn[nH]4)cnc23)ccc(C(C)=O)c1O. The topological polar surface area (TPSA) is 135 Å². The van der Waals surface area contributed by atoms with Crippen LogP contribution in [0.15, 0.2) is 54.1 Å². The summed E-state index contributed by atoms with van der Waals surface area (Å²) >= 11 is 0. The van der Waals surface area contributed by atoms with Crippen LogP contribution in [0.1, 0.15) is 39.8 Å². The molecule has 3 heterocycles. The fourth-order valence-corrected chi connectivity index (χ4v) is 3.41. The van der Waals surface area contributed by atoms with Crippen LogP contribution in [-0.2, 0) is 19.4 Å². The van der Waals surface area contributed by atoms with E-state index in [4.69, 9.17) is 4.74 Å². The summed E-state index contributed by atoms with van der Waals surface area (Å²) in [5.41, 5.74) is 2.04. The van der Waals surface area contributed by atoms with Gasteiger partial charge in [0.25, 0.3) is 5.56 Å². The number of carbonyl (C=O) groups is 1. The predicted octanol–water partition coefficient (Wildman–Crippen LogP) is 2.01. The largest absolute Gasteiger partial charge is 0.507 e. The summed E-state index contributed by atoms with van der Waals surface area (Å²) in [5.74, 6) is 0.528. The number of hydrogen-bond donors (Lipinski definition) is 2. The van der Waals surface area contributed by atoms with Crippen molar-refractivity contribution >= 4 is 11.4 Å². The molecule has 0 aliphatic heterocycles. The van der Waals surface area contributed by atoms with E-state index < -0.39 is 0 Å². The summed E-state index contributed by atoms with van der Waals surface area (Å²) in [6.45, 7) is 5.19. The minimum Gasteiger partial charge on any atom is -0.507 e. The molecule has 0 saturated carbocycles. The number of aromatic amines is 1. The number of phenols is 1. The Morgan fingerprint density at radius 2 is 2.16 bits per heavy atom. The number of ether oxygens (including phenoxy) is 1. The molecule has 0 fully saturated rings. The van der Waals surface area contributed by atoms with Crippen LogP contribution in [0.25, 0.3) is 5.65 Å². The number of pyridine rings is 1. The average Bonchev–Trinajstić information content (AvgIpc) is 3.29. The molecule has 32 heavy (non-hydrogen) atoms. The summed E-state index contributed by atoms with van der Waals surface area (Å²) in [5, 5.41) is 23.9. The van der Waals surface area contributed by atoms with Crippen molar-refractivity contribution in [2.24, 2.45) is 0 Å². The first-order valence-electron chi connectivity index (χ1n) is 9.79. The number of Topliss-reactive ketones (excluding diaryl/α,β-unsaturated/α-hetero) is 1. The molecule has 1 aromatic carbocycles. The minimum atomic E-state index is -0.242. The van der Waals surface area contributed by atoms with E-state index in [1.54, 1.807) is 30.5 Å².